The molecule has 1 amide bonds. The van der Waals surface area contributed by atoms with Gasteiger partial charge in [-0.25, -0.2) is 0 Å². The quantitative estimate of drug-likeness (QED) is 0.690. The fourth-order valence-electron chi connectivity index (χ4n) is 1.52. The Morgan fingerprint density at radius 2 is 2.08 bits per heavy atom. The third kappa shape index (κ3) is 1.31. The van der Waals surface area contributed by atoms with Gasteiger partial charge in [0.15, 0.2) is 0 Å². The van der Waals surface area contributed by atoms with Gasteiger partial charge >= 0.3 is 0 Å². The second kappa shape index (κ2) is 2.25. The Kier molecular flexibility index (Phi) is 1.48. The maximum absolute atomic E-state index is 11.6. The first-order valence-corrected chi connectivity index (χ1v) is 4.72. The summed E-state index contributed by atoms with van der Waals surface area (Å²) >= 11 is 0. The summed E-state index contributed by atoms with van der Waals surface area (Å²) in [7, 11) is 0. The highest BCUT2D eigenvalue weighted by atomic mass is 16.2. The molecule has 2 aliphatic carbocycles. The van der Waals surface area contributed by atoms with Gasteiger partial charge in [-0.3, -0.25) is 4.79 Å². The Balaban J connectivity index is 1.91. The number of nitrogens with one attached hydrogen (secondary N) is 1. The molecule has 13 heavy (non-hydrogen) atoms. The second-order valence-electron chi connectivity index (χ2n) is 4.91. The lowest BCUT2D eigenvalue weighted by atomic mass is 10.1. The van der Waals surface area contributed by atoms with Crippen molar-refractivity contribution in [2.75, 3.05) is 0 Å². The van der Waals surface area contributed by atoms with E-state index in [2.05, 4.69) is 25.2 Å². The van der Waals surface area contributed by atoms with Crippen molar-refractivity contribution in [1.29, 1.82) is 5.26 Å². The van der Waals surface area contributed by atoms with Crippen LogP contribution in [0.3, 0.4) is 0 Å². The van der Waals surface area contributed by atoms with Crippen LogP contribution in [-0.2, 0) is 4.79 Å². The first kappa shape index (κ1) is 8.55. The zero-order chi connectivity index (χ0) is 9.69. The van der Waals surface area contributed by atoms with Crippen molar-refractivity contribution in [1.82, 2.24) is 5.32 Å². The van der Waals surface area contributed by atoms with E-state index in [-0.39, 0.29) is 11.3 Å². The molecule has 1 unspecified atom stereocenters. The molecule has 0 aromatic carbocycles. The lowest BCUT2D eigenvalue weighted by Crippen LogP contribution is -2.34. The minimum Gasteiger partial charge on any atom is -0.351 e. The fourth-order valence-corrected chi connectivity index (χ4v) is 1.52. The van der Waals surface area contributed by atoms with Crippen molar-refractivity contribution in [3.63, 3.8) is 0 Å². The summed E-state index contributed by atoms with van der Waals surface area (Å²) < 4.78 is 0. The SMILES string of the molecule is CC1(C)CC1NC(=O)C1(C#N)CC1. The lowest BCUT2D eigenvalue weighted by Gasteiger charge is -2.09. The average Bonchev–Trinajstić information content (AvgIpc) is 2.90. The van der Waals surface area contributed by atoms with Crippen LogP contribution in [0.15, 0.2) is 0 Å². The van der Waals surface area contributed by atoms with Crippen molar-refractivity contribution < 1.29 is 4.79 Å². The summed E-state index contributed by atoms with van der Waals surface area (Å²) in [5, 5.41) is 11.7. The summed E-state index contributed by atoms with van der Waals surface area (Å²) in [6.45, 7) is 4.26. The third-order valence-electron chi connectivity index (χ3n) is 3.22. The molecule has 0 radical (unpaired) electrons. The van der Waals surface area contributed by atoms with E-state index in [1.54, 1.807) is 0 Å². The van der Waals surface area contributed by atoms with Crippen LogP contribution in [0.2, 0.25) is 0 Å². The van der Waals surface area contributed by atoms with Crippen molar-refractivity contribution in [2.24, 2.45) is 10.8 Å². The van der Waals surface area contributed by atoms with Crippen LogP contribution in [-0.4, -0.2) is 11.9 Å². The van der Waals surface area contributed by atoms with Crippen LogP contribution in [0.5, 0.6) is 0 Å². The van der Waals surface area contributed by atoms with Crippen LogP contribution in [0.1, 0.15) is 33.1 Å². The third-order valence-corrected chi connectivity index (χ3v) is 3.22. The van der Waals surface area contributed by atoms with Gasteiger partial charge in [-0.1, -0.05) is 13.8 Å². The van der Waals surface area contributed by atoms with E-state index >= 15 is 0 Å². The predicted octanol–water partition coefficient (Wildman–Crippen LogP) is 1.20. The monoisotopic (exact) mass is 178 g/mol. The highest BCUT2D eigenvalue weighted by molar-refractivity contribution is 5.88. The Hall–Kier alpha value is -1.04. The van der Waals surface area contributed by atoms with Gasteiger partial charge in [-0.05, 0) is 24.7 Å². The molecule has 3 nitrogen and oxygen atoms in total. The minimum atomic E-state index is -0.654. The standard InChI is InChI=1S/C10H14N2O/c1-9(2)5-7(9)12-8(13)10(6-11)3-4-10/h7H,3-5H2,1-2H3,(H,12,13). The van der Waals surface area contributed by atoms with E-state index in [1.165, 1.54) is 0 Å². The molecule has 2 fully saturated rings. The molecule has 0 aliphatic heterocycles. The number of carbonyl (C=O) groups excluding carboxylic acids is 1. The number of rotatable bonds is 2. The summed E-state index contributed by atoms with van der Waals surface area (Å²) in [5.41, 5.74) is -0.403. The largest absolute Gasteiger partial charge is 0.351 e. The second-order valence-corrected chi connectivity index (χ2v) is 4.91. The van der Waals surface area contributed by atoms with E-state index in [9.17, 15) is 4.79 Å². The summed E-state index contributed by atoms with van der Waals surface area (Å²) in [4.78, 5) is 11.6. The normalized spacial score (nSPS) is 31.6. The molecule has 0 aromatic rings. The number of carbonyl (C=O) groups is 1. The molecule has 0 saturated heterocycles. The van der Waals surface area contributed by atoms with Gasteiger partial charge in [0.2, 0.25) is 5.91 Å². The molecule has 0 aromatic heterocycles. The van der Waals surface area contributed by atoms with Gasteiger partial charge in [0.05, 0.1) is 6.07 Å². The van der Waals surface area contributed by atoms with E-state index < -0.39 is 5.41 Å². The predicted molar refractivity (Wildman–Crippen MR) is 47.6 cm³/mol. The molecule has 1 atom stereocenters. The molecule has 0 heterocycles. The van der Waals surface area contributed by atoms with Gasteiger partial charge in [0.1, 0.15) is 5.41 Å². The molecule has 70 valence electrons. The molecule has 0 bridgehead atoms. The van der Waals surface area contributed by atoms with Crippen LogP contribution >= 0.6 is 0 Å². The Labute approximate surface area is 78.1 Å². The Morgan fingerprint density at radius 3 is 2.38 bits per heavy atom. The first-order valence-electron chi connectivity index (χ1n) is 4.72. The fraction of sp³-hybridized carbons (Fsp3) is 0.800. The highest BCUT2D eigenvalue weighted by Gasteiger charge is 2.54. The number of hydrogen-bond acceptors (Lipinski definition) is 2. The van der Waals surface area contributed by atoms with E-state index in [0.717, 1.165) is 19.3 Å². The zero-order valence-electron chi connectivity index (χ0n) is 8.05. The lowest BCUT2D eigenvalue weighted by molar-refractivity contribution is -0.124. The smallest absolute Gasteiger partial charge is 0.240 e. The zero-order valence-corrected chi connectivity index (χ0v) is 8.05. The number of nitriles is 1. The summed E-state index contributed by atoms with van der Waals surface area (Å²) in [6.07, 6.45) is 2.52. The van der Waals surface area contributed by atoms with Crippen molar-refractivity contribution >= 4 is 5.91 Å². The van der Waals surface area contributed by atoms with Crippen molar-refractivity contribution in [2.45, 2.75) is 39.2 Å². The molecule has 0 spiro atoms. The number of nitrogens with zero attached hydrogens (tertiary/aromatic N) is 1. The van der Waals surface area contributed by atoms with Crippen LogP contribution in [0.25, 0.3) is 0 Å². The summed E-state index contributed by atoms with van der Waals surface area (Å²) in [6, 6.07) is 2.40. The Bertz CT molecular complexity index is 297. The van der Waals surface area contributed by atoms with E-state index in [1.807, 2.05) is 0 Å². The first-order chi connectivity index (χ1) is 6.00. The molecule has 2 saturated carbocycles. The van der Waals surface area contributed by atoms with Crippen molar-refractivity contribution in [3.8, 4) is 6.07 Å². The van der Waals surface area contributed by atoms with Gasteiger partial charge in [-0.15, -0.1) is 0 Å². The number of hydrogen-bond donors (Lipinski definition) is 1. The van der Waals surface area contributed by atoms with Crippen LogP contribution in [0.4, 0.5) is 0 Å². The Morgan fingerprint density at radius 1 is 1.54 bits per heavy atom. The maximum Gasteiger partial charge on any atom is 0.240 e. The van der Waals surface area contributed by atoms with Gasteiger partial charge < -0.3 is 5.32 Å². The van der Waals surface area contributed by atoms with E-state index in [0.29, 0.717) is 6.04 Å². The molecular formula is C10H14N2O. The average molecular weight is 178 g/mol. The molecule has 2 rings (SSSR count). The molecule has 1 N–H and O–H groups in total. The summed E-state index contributed by atoms with van der Waals surface area (Å²) in [5.74, 6) is -0.0504. The molecule has 2 aliphatic rings. The number of amides is 1. The van der Waals surface area contributed by atoms with Gasteiger partial charge in [0.25, 0.3) is 0 Å². The van der Waals surface area contributed by atoms with Crippen LogP contribution < -0.4 is 5.32 Å². The van der Waals surface area contributed by atoms with Gasteiger partial charge in [-0.2, -0.15) is 5.26 Å². The van der Waals surface area contributed by atoms with Crippen molar-refractivity contribution in [3.05, 3.63) is 0 Å². The molecule has 3 heteroatoms. The van der Waals surface area contributed by atoms with E-state index in [4.69, 9.17) is 5.26 Å². The molecular weight excluding hydrogens is 164 g/mol. The minimum absolute atomic E-state index is 0.0504. The topological polar surface area (TPSA) is 52.9 Å². The maximum atomic E-state index is 11.6. The van der Waals surface area contributed by atoms with Gasteiger partial charge in [0, 0.05) is 6.04 Å². The highest BCUT2D eigenvalue weighted by Crippen LogP contribution is 2.48. The van der Waals surface area contributed by atoms with Crippen LogP contribution in [0, 0.1) is 22.2 Å².